The third kappa shape index (κ3) is 2.46. The summed E-state index contributed by atoms with van der Waals surface area (Å²) in [5.41, 5.74) is 6.48. The molecule has 19 heavy (non-hydrogen) atoms. The van der Waals surface area contributed by atoms with Crippen molar-refractivity contribution in [2.45, 2.75) is 0 Å². The molecule has 0 saturated carbocycles. The second-order valence-corrected chi connectivity index (χ2v) is 4.53. The van der Waals surface area contributed by atoms with Crippen LogP contribution in [0.2, 0.25) is 5.02 Å². The second-order valence-electron chi connectivity index (χ2n) is 4.12. The van der Waals surface area contributed by atoms with Crippen molar-refractivity contribution in [1.82, 2.24) is 4.98 Å². The Morgan fingerprint density at radius 3 is 2.68 bits per heavy atom. The van der Waals surface area contributed by atoms with Crippen LogP contribution in [0.5, 0.6) is 11.5 Å². The van der Waals surface area contributed by atoms with Crippen molar-refractivity contribution in [2.24, 2.45) is 0 Å². The van der Waals surface area contributed by atoms with E-state index in [1.807, 2.05) is 42.5 Å². The molecular formula is C15H11ClN2O. The maximum Gasteiger partial charge on any atom is 0.146 e. The van der Waals surface area contributed by atoms with E-state index < -0.39 is 0 Å². The number of para-hydroxylation sites is 1. The number of ether oxygens (including phenoxy) is 1. The summed E-state index contributed by atoms with van der Waals surface area (Å²) < 4.78 is 5.76. The van der Waals surface area contributed by atoms with E-state index >= 15 is 0 Å². The number of nitrogens with two attached hydrogens (primary N) is 1. The fourth-order valence-electron chi connectivity index (χ4n) is 1.84. The number of benzene rings is 2. The topological polar surface area (TPSA) is 48.1 Å². The van der Waals surface area contributed by atoms with Crippen LogP contribution in [0.15, 0.2) is 54.6 Å². The minimum Gasteiger partial charge on any atom is -0.456 e. The first kappa shape index (κ1) is 11.8. The zero-order valence-corrected chi connectivity index (χ0v) is 10.8. The minimum absolute atomic E-state index is 0.507. The van der Waals surface area contributed by atoms with Gasteiger partial charge in [-0.25, -0.2) is 4.98 Å². The summed E-state index contributed by atoms with van der Waals surface area (Å²) in [6, 6.07) is 16.7. The van der Waals surface area contributed by atoms with Crippen molar-refractivity contribution < 1.29 is 4.74 Å². The van der Waals surface area contributed by atoms with E-state index in [2.05, 4.69) is 4.98 Å². The molecule has 0 aliphatic rings. The van der Waals surface area contributed by atoms with Crippen molar-refractivity contribution in [2.75, 3.05) is 5.73 Å². The molecule has 1 heterocycles. The lowest BCUT2D eigenvalue weighted by Crippen LogP contribution is -1.90. The average Bonchev–Trinajstić information content (AvgIpc) is 2.41. The summed E-state index contributed by atoms with van der Waals surface area (Å²) in [5.74, 6) is 1.85. The maximum atomic E-state index is 6.06. The smallest absolute Gasteiger partial charge is 0.146 e. The largest absolute Gasteiger partial charge is 0.456 e. The average molecular weight is 271 g/mol. The number of aromatic nitrogens is 1. The van der Waals surface area contributed by atoms with Gasteiger partial charge in [0.15, 0.2) is 0 Å². The molecule has 4 heteroatoms. The van der Waals surface area contributed by atoms with Crippen molar-refractivity contribution in [3.05, 3.63) is 59.6 Å². The minimum atomic E-state index is 0.507. The molecule has 3 aromatic rings. The van der Waals surface area contributed by atoms with Crippen LogP contribution in [0.4, 0.5) is 5.82 Å². The zero-order chi connectivity index (χ0) is 13.2. The maximum absolute atomic E-state index is 6.06. The number of fused-ring (bicyclic) bond motifs is 1. The van der Waals surface area contributed by atoms with Gasteiger partial charge in [-0.15, -0.1) is 0 Å². The lowest BCUT2D eigenvalue weighted by Gasteiger charge is -2.08. The van der Waals surface area contributed by atoms with Crippen LogP contribution >= 0.6 is 11.6 Å². The molecule has 0 bridgehead atoms. The summed E-state index contributed by atoms with van der Waals surface area (Å²) in [6.45, 7) is 0. The van der Waals surface area contributed by atoms with Gasteiger partial charge in [0.1, 0.15) is 17.3 Å². The highest BCUT2D eigenvalue weighted by atomic mass is 35.5. The van der Waals surface area contributed by atoms with Gasteiger partial charge in [-0.1, -0.05) is 23.7 Å². The van der Waals surface area contributed by atoms with Crippen molar-refractivity contribution >= 4 is 28.3 Å². The van der Waals surface area contributed by atoms with Gasteiger partial charge in [-0.2, -0.15) is 0 Å². The Labute approximate surface area is 115 Å². The molecule has 0 atom stereocenters. The van der Waals surface area contributed by atoms with Crippen LogP contribution in [0.3, 0.4) is 0 Å². The first-order valence-corrected chi connectivity index (χ1v) is 6.19. The first-order chi connectivity index (χ1) is 9.22. The molecule has 0 fully saturated rings. The summed E-state index contributed by atoms with van der Waals surface area (Å²) in [4.78, 5) is 4.24. The van der Waals surface area contributed by atoms with E-state index in [-0.39, 0.29) is 0 Å². The number of hydrogen-bond donors (Lipinski definition) is 1. The molecule has 2 N–H and O–H groups in total. The molecule has 0 unspecified atom stereocenters. The van der Waals surface area contributed by atoms with Crippen molar-refractivity contribution in [3.8, 4) is 11.5 Å². The molecule has 2 aromatic carbocycles. The second kappa shape index (κ2) is 4.78. The monoisotopic (exact) mass is 270 g/mol. The van der Waals surface area contributed by atoms with E-state index in [9.17, 15) is 0 Å². The van der Waals surface area contributed by atoms with Crippen LogP contribution in [0.1, 0.15) is 0 Å². The Morgan fingerprint density at radius 1 is 1.00 bits per heavy atom. The van der Waals surface area contributed by atoms with Gasteiger partial charge in [-0.3, -0.25) is 0 Å². The highest BCUT2D eigenvalue weighted by Crippen LogP contribution is 2.30. The number of nitrogens with zero attached hydrogens (tertiary/aromatic N) is 1. The van der Waals surface area contributed by atoms with Crippen LogP contribution in [0.25, 0.3) is 10.9 Å². The molecule has 0 aliphatic carbocycles. The lowest BCUT2D eigenvalue weighted by molar-refractivity contribution is 0.483. The Hall–Kier alpha value is -2.26. The number of halogens is 1. The molecule has 3 rings (SSSR count). The first-order valence-electron chi connectivity index (χ1n) is 5.81. The fourth-order valence-corrected chi connectivity index (χ4v) is 2.01. The molecule has 3 nitrogen and oxygen atoms in total. The molecule has 0 aliphatic heterocycles. The van der Waals surface area contributed by atoms with Gasteiger partial charge in [0, 0.05) is 5.39 Å². The molecule has 94 valence electrons. The molecule has 0 radical (unpaired) electrons. The molecule has 0 spiro atoms. The van der Waals surface area contributed by atoms with E-state index in [4.69, 9.17) is 22.1 Å². The van der Waals surface area contributed by atoms with Crippen LogP contribution in [-0.2, 0) is 0 Å². The van der Waals surface area contributed by atoms with Crippen LogP contribution in [-0.4, -0.2) is 4.98 Å². The van der Waals surface area contributed by atoms with Gasteiger partial charge < -0.3 is 10.5 Å². The molecule has 0 amide bonds. The van der Waals surface area contributed by atoms with Crippen LogP contribution < -0.4 is 10.5 Å². The number of hydrogen-bond acceptors (Lipinski definition) is 3. The Bertz CT molecular complexity index is 743. The van der Waals surface area contributed by atoms with E-state index in [1.165, 1.54) is 0 Å². The quantitative estimate of drug-likeness (QED) is 0.757. The van der Waals surface area contributed by atoms with Gasteiger partial charge in [0.25, 0.3) is 0 Å². The normalized spacial score (nSPS) is 10.6. The summed E-state index contributed by atoms with van der Waals surface area (Å²) in [5, 5.41) is 1.55. The number of nitrogen functional groups attached to an aromatic ring is 1. The van der Waals surface area contributed by atoms with E-state index in [0.29, 0.717) is 22.3 Å². The van der Waals surface area contributed by atoms with Gasteiger partial charge in [0.2, 0.25) is 0 Å². The highest BCUT2D eigenvalue weighted by molar-refractivity contribution is 6.32. The van der Waals surface area contributed by atoms with Crippen molar-refractivity contribution in [1.29, 1.82) is 0 Å². The third-order valence-corrected chi connectivity index (χ3v) is 3.06. The Morgan fingerprint density at radius 2 is 1.84 bits per heavy atom. The standard InChI is InChI=1S/C15H11ClN2O/c16-12-3-1-2-4-14(12)19-11-6-7-13-10(9-11)5-8-15(17)18-13/h1-9H,(H2,17,18). The fraction of sp³-hybridized carbons (Fsp3) is 0. The predicted molar refractivity (Wildman–Crippen MR) is 77.7 cm³/mol. The van der Waals surface area contributed by atoms with E-state index in [0.717, 1.165) is 10.9 Å². The summed E-state index contributed by atoms with van der Waals surface area (Å²) in [7, 11) is 0. The Balaban J connectivity index is 1.98. The number of rotatable bonds is 2. The molecule has 1 aromatic heterocycles. The Kier molecular flexibility index (Phi) is 2.97. The zero-order valence-electron chi connectivity index (χ0n) is 10.0. The SMILES string of the molecule is Nc1ccc2cc(Oc3ccccc3Cl)ccc2n1. The number of pyridine rings is 1. The van der Waals surface area contributed by atoms with Gasteiger partial charge >= 0.3 is 0 Å². The van der Waals surface area contributed by atoms with Gasteiger partial charge in [-0.05, 0) is 42.5 Å². The van der Waals surface area contributed by atoms with Crippen molar-refractivity contribution in [3.63, 3.8) is 0 Å². The predicted octanol–water partition coefficient (Wildman–Crippen LogP) is 4.26. The van der Waals surface area contributed by atoms with Gasteiger partial charge in [0.05, 0.1) is 10.5 Å². The molecule has 0 saturated heterocycles. The summed E-state index contributed by atoms with van der Waals surface area (Å²) in [6.07, 6.45) is 0. The lowest BCUT2D eigenvalue weighted by atomic mass is 10.2. The summed E-state index contributed by atoms with van der Waals surface area (Å²) >= 11 is 6.06. The molecular weight excluding hydrogens is 260 g/mol. The number of anilines is 1. The third-order valence-electron chi connectivity index (χ3n) is 2.75. The van der Waals surface area contributed by atoms with E-state index in [1.54, 1.807) is 12.1 Å². The highest BCUT2D eigenvalue weighted by Gasteiger charge is 2.03. The van der Waals surface area contributed by atoms with Crippen LogP contribution in [0, 0.1) is 0 Å².